The van der Waals surface area contributed by atoms with Crippen LogP contribution in [0, 0.1) is 11.3 Å². The van der Waals surface area contributed by atoms with Crippen LogP contribution in [0.15, 0.2) is 18.2 Å². The van der Waals surface area contributed by atoms with Crippen LogP contribution in [-0.2, 0) is 6.18 Å². The van der Waals surface area contributed by atoms with E-state index in [2.05, 4.69) is 0 Å². The first-order valence-corrected chi connectivity index (χ1v) is 4.23. The molecule has 0 saturated heterocycles. The maximum absolute atomic E-state index is 12.4. The number of ether oxygens (including phenoxy) is 1. The lowest BCUT2D eigenvalue weighted by Crippen LogP contribution is -2.07. The second-order valence-corrected chi connectivity index (χ2v) is 2.75. The van der Waals surface area contributed by atoms with Gasteiger partial charge in [-0.05, 0) is 25.1 Å². The van der Waals surface area contributed by atoms with Crippen molar-refractivity contribution in [1.82, 2.24) is 0 Å². The second kappa shape index (κ2) is 4.22. The van der Waals surface area contributed by atoms with Crippen molar-refractivity contribution >= 4 is 0 Å². The van der Waals surface area contributed by atoms with Gasteiger partial charge >= 0.3 is 6.18 Å². The maximum Gasteiger partial charge on any atom is 0.417 e. The van der Waals surface area contributed by atoms with Crippen LogP contribution in [0.4, 0.5) is 13.2 Å². The fourth-order valence-corrected chi connectivity index (χ4v) is 1.12. The van der Waals surface area contributed by atoms with Crippen molar-refractivity contribution < 1.29 is 17.9 Å². The third-order valence-electron chi connectivity index (χ3n) is 1.73. The fourth-order valence-electron chi connectivity index (χ4n) is 1.12. The van der Waals surface area contributed by atoms with Crippen LogP contribution in [0.5, 0.6) is 5.75 Å². The average Bonchev–Trinajstić information content (AvgIpc) is 2.16. The highest BCUT2D eigenvalue weighted by atomic mass is 19.4. The molecule has 0 N–H and O–H groups in total. The minimum atomic E-state index is -4.50. The van der Waals surface area contributed by atoms with Gasteiger partial charge in [0.15, 0.2) is 0 Å². The summed E-state index contributed by atoms with van der Waals surface area (Å²) < 4.78 is 42.1. The minimum Gasteiger partial charge on any atom is -0.494 e. The smallest absolute Gasteiger partial charge is 0.417 e. The molecule has 80 valence electrons. The molecule has 0 aliphatic heterocycles. The predicted octanol–water partition coefficient (Wildman–Crippen LogP) is 2.98. The van der Waals surface area contributed by atoms with Gasteiger partial charge < -0.3 is 4.74 Å². The Morgan fingerprint density at radius 3 is 2.53 bits per heavy atom. The molecular weight excluding hydrogens is 207 g/mol. The zero-order valence-corrected chi connectivity index (χ0v) is 7.93. The first-order chi connectivity index (χ1) is 6.99. The van der Waals surface area contributed by atoms with Gasteiger partial charge in [-0.25, -0.2) is 0 Å². The average molecular weight is 215 g/mol. The van der Waals surface area contributed by atoms with Crippen LogP contribution in [0.3, 0.4) is 0 Å². The molecule has 0 saturated carbocycles. The summed E-state index contributed by atoms with van der Waals surface area (Å²) in [5.41, 5.74) is -1.36. The molecule has 0 atom stereocenters. The fraction of sp³-hybridized carbons (Fsp3) is 0.300. The van der Waals surface area contributed by atoms with Gasteiger partial charge in [0.1, 0.15) is 5.75 Å². The molecule has 0 bridgehead atoms. The van der Waals surface area contributed by atoms with E-state index in [1.54, 1.807) is 6.92 Å². The number of benzene rings is 1. The Labute approximate surface area is 84.9 Å². The van der Waals surface area contributed by atoms with Crippen LogP contribution < -0.4 is 4.74 Å². The number of hydrogen-bond acceptors (Lipinski definition) is 2. The quantitative estimate of drug-likeness (QED) is 0.759. The molecule has 0 aromatic heterocycles. The molecule has 0 unspecified atom stereocenters. The van der Waals surface area contributed by atoms with Gasteiger partial charge in [-0.15, -0.1) is 0 Å². The third kappa shape index (κ3) is 2.62. The summed E-state index contributed by atoms with van der Waals surface area (Å²) in [7, 11) is 0. The Bertz CT molecular complexity index is 393. The van der Waals surface area contributed by atoms with Gasteiger partial charge in [0, 0.05) is 0 Å². The topological polar surface area (TPSA) is 33.0 Å². The van der Waals surface area contributed by atoms with Gasteiger partial charge in [0.05, 0.1) is 23.8 Å². The largest absolute Gasteiger partial charge is 0.494 e. The molecule has 0 aliphatic rings. The van der Waals surface area contributed by atoms with E-state index >= 15 is 0 Å². The Hall–Kier alpha value is -1.70. The summed E-state index contributed by atoms with van der Waals surface area (Å²) in [6, 6.07) is 4.64. The molecule has 1 rings (SSSR count). The zero-order chi connectivity index (χ0) is 11.5. The van der Waals surface area contributed by atoms with Crippen LogP contribution in [0.1, 0.15) is 18.1 Å². The normalized spacial score (nSPS) is 10.9. The van der Waals surface area contributed by atoms with E-state index in [0.717, 1.165) is 12.1 Å². The van der Waals surface area contributed by atoms with Crippen LogP contribution in [-0.4, -0.2) is 6.61 Å². The lowest BCUT2D eigenvalue weighted by Gasteiger charge is -2.10. The van der Waals surface area contributed by atoms with Gasteiger partial charge in [0.25, 0.3) is 0 Å². The molecule has 1 aromatic rings. The molecule has 15 heavy (non-hydrogen) atoms. The van der Waals surface area contributed by atoms with E-state index in [9.17, 15) is 13.2 Å². The van der Waals surface area contributed by atoms with Gasteiger partial charge in [-0.1, -0.05) is 0 Å². The number of nitrogens with zero attached hydrogens (tertiary/aromatic N) is 1. The van der Waals surface area contributed by atoms with Crippen molar-refractivity contribution in [1.29, 1.82) is 5.26 Å². The van der Waals surface area contributed by atoms with Gasteiger partial charge in [0.2, 0.25) is 0 Å². The van der Waals surface area contributed by atoms with Crippen LogP contribution in [0.25, 0.3) is 0 Å². The van der Waals surface area contributed by atoms with Gasteiger partial charge in [-0.2, -0.15) is 18.4 Å². The van der Waals surface area contributed by atoms with Gasteiger partial charge in [-0.3, -0.25) is 0 Å². The molecular formula is C10H8F3NO. The Morgan fingerprint density at radius 2 is 2.07 bits per heavy atom. The number of nitriles is 1. The Kier molecular flexibility index (Phi) is 3.20. The van der Waals surface area contributed by atoms with Crippen molar-refractivity contribution in [2.45, 2.75) is 13.1 Å². The first-order valence-electron chi connectivity index (χ1n) is 4.23. The van der Waals surface area contributed by atoms with Crippen LogP contribution in [0.2, 0.25) is 0 Å². The van der Waals surface area contributed by atoms with E-state index < -0.39 is 17.3 Å². The van der Waals surface area contributed by atoms with Crippen LogP contribution >= 0.6 is 0 Å². The molecule has 1 aromatic carbocycles. The standard InChI is InChI=1S/C10H8F3NO/c1-2-15-8-3-4-9(10(11,12)13)7(5-8)6-14/h3-5H,2H2,1H3. The van der Waals surface area contributed by atoms with E-state index in [0.29, 0.717) is 6.61 Å². The highest BCUT2D eigenvalue weighted by Crippen LogP contribution is 2.33. The molecule has 0 fully saturated rings. The third-order valence-corrected chi connectivity index (χ3v) is 1.73. The minimum absolute atomic E-state index is 0.266. The summed E-state index contributed by atoms with van der Waals surface area (Å²) in [5, 5.41) is 8.57. The molecule has 0 aliphatic carbocycles. The summed E-state index contributed by atoms with van der Waals surface area (Å²) in [6.45, 7) is 2.06. The summed E-state index contributed by atoms with van der Waals surface area (Å²) in [5.74, 6) is 0.266. The molecule has 5 heteroatoms. The monoisotopic (exact) mass is 215 g/mol. The zero-order valence-electron chi connectivity index (χ0n) is 7.93. The predicted molar refractivity (Wildman–Crippen MR) is 47.3 cm³/mol. The van der Waals surface area contributed by atoms with Crippen molar-refractivity contribution in [3.05, 3.63) is 29.3 Å². The molecule has 2 nitrogen and oxygen atoms in total. The highest BCUT2D eigenvalue weighted by molar-refractivity contribution is 5.44. The number of alkyl halides is 3. The SMILES string of the molecule is CCOc1ccc(C(F)(F)F)c(C#N)c1. The summed E-state index contributed by atoms with van der Waals surface area (Å²) in [6.07, 6.45) is -4.50. The first kappa shape index (κ1) is 11.4. The molecule has 0 spiro atoms. The summed E-state index contributed by atoms with van der Waals surface area (Å²) >= 11 is 0. The Balaban J connectivity index is 3.17. The highest BCUT2D eigenvalue weighted by Gasteiger charge is 2.33. The van der Waals surface area contributed by atoms with E-state index in [1.165, 1.54) is 12.1 Å². The van der Waals surface area contributed by atoms with E-state index in [1.807, 2.05) is 0 Å². The number of hydrogen-bond donors (Lipinski definition) is 0. The van der Waals surface area contributed by atoms with Crippen molar-refractivity contribution in [3.8, 4) is 11.8 Å². The number of halogens is 3. The maximum atomic E-state index is 12.4. The van der Waals surface area contributed by atoms with E-state index in [4.69, 9.17) is 10.00 Å². The molecule has 0 amide bonds. The molecule has 0 heterocycles. The second-order valence-electron chi connectivity index (χ2n) is 2.75. The van der Waals surface area contributed by atoms with Crippen molar-refractivity contribution in [2.75, 3.05) is 6.61 Å². The van der Waals surface area contributed by atoms with Crippen molar-refractivity contribution in [3.63, 3.8) is 0 Å². The number of rotatable bonds is 2. The Morgan fingerprint density at radius 1 is 1.40 bits per heavy atom. The lowest BCUT2D eigenvalue weighted by atomic mass is 10.1. The lowest BCUT2D eigenvalue weighted by molar-refractivity contribution is -0.137. The van der Waals surface area contributed by atoms with Crippen molar-refractivity contribution in [2.24, 2.45) is 0 Å². The summed E-state index contributed by atoms with van der Waals surface area (Å²) in [4.78, 5) is 0. The molecule has 0 radical (unpaired) electrons. The van der Waals surface area contributed by atoms with E-state index in [-0.39, 0.29) is 5.75 Å².